The molecular formula is C11H15N3O3. The summed E-state index contributed by atoms with van der Waals surface area (Å²) in [5.74, 6) is 1.35. The zero-order valence-electron chi connectivity index (χ0n) is 9.75. The van der Waals surface area contributed by atoms with Crippen LogP contribution >= 0.6 is 0 Å². The minimum absolute atomic E-state index is 0.204. The number of hydrogen-bond acceptors (Lipinski definition) is 6. The summed E-state index contributed by atoms with van der Waals surface area (Å²) in [5.41, 5.74) is 6.27. The molecule has 0 aromatic carbocycles. The van der Waals surface area contributed by atoms with Gasteiger partial charge in [0, 0.05) is 12.1 Å². The van der Waals surface area contributed by atoms with Crippen LogP contribution in [0.25, 0.3) is 11.5 Å². The Morgan fingerprint density at radius 1 is 1.53 bits per heavy atom. The second kappa shape index (κ2) is 4.68. The van der Waals surface area contributed by atoms with Crippen molar-refractivity contribution in [3.63, 3.8) is 0 Å². The minimum Gasteiger partial charge on any atom is -0.436 e. The van der Waals surface area contributed by atoms with Crippen molar-refractivity contribution in [2.75, 3.05) is 0 Å². The van der Waals surface area contributed by atoms with Gasteiger partial charge in [-0.05, 0) is 13.3 Å². The largest absolute Gasteiger partial charge is 0.436 e. The van der Waals surface area contributed by atoms with E-state index in [0.717, 1.165) is 0 Å². The molecule has 2 aromatic heterocycles. The Labute approximate surface area is 98.4 Å². The normalized spacial score (nSPS) is 14.8. The Balaban J connectivity index is 2.21. The van der Waals surface area contributed by atoms with Crippen molar-refractivity contribution >= 4 is 0 Å². The fourth-order valence-electron chi connectivity index (χ4n) is 1.43. The first-order valence-corrected chi connectivity index (χ1v) is 5.45. The third-order valence-corrected chi connectivity index (χ3v) is 2.53. The maximum atomic E-state index is 9.83. The molecule has 0 bridgehead atoms. The number of aromatic nitrogens is 2. The Morgan fingerprint density at radius 3 is 2.88 bits per heavy atom. The van der Waals surface area contributed by atoms with Crippen LogP contribution in [0.5, 0.6) is 0 Å². The summed E-state index contributed by atoms with van der Waals surface area (Å²) < 4.78 is 10.3. The molecular weight excluding hydrogens is 222 g/mol. The third kappa shape index (κ3) is 2.37. The summed E-state index contributed by atoms with van der Waals surface area (Å²) in [6.45, 7) is 3.67. The molecule has 0 fully saturated rings. The van der Waals surface area contributed by atoms with Gasteiger partial charge in [-0.25, -0.2) is 4.98 Å². The topological polar surface area (TPSA) is 98.3 Å². The summed E-state index contributed by atoms with van der Waals surface area (Å²) in [4.78, 5) is 3.99. The highest BCUT2D eigenvalue weighted by molar-refractivity contribution is 5.50. The van der Waals surface area contributed by atoms with Crippen molar-refractivity contribution in [3.8, 4) is 11.5 Å². The summed E-state index contributed by atoms with van der Waals surface area (Å²) in [6.07, 6.45) is 1.24. The van der Waals surface area contributed by atoms with Gasteiger partial charge in [-0.3, -0.25) is 0 Å². The van der Waals surface area contributed by atoms with Crippen molar-refractivity contribution in [2.24, 2.45) is 5.73 Å². The van der Waals surface area contributed by atoms with Gasteiger partial charge in [-0.1, -0.05) is 12.1 Å². The van der Waals surface area contributed by atoms with Gasteiger partial charge in [0.15, 0.2) is 11.5 Å². The molecule has 2 atom stereocenters. The van der Waals surface area contributed by atoms with Crippen LogP contribution in [0.1, 0.15) is 31.1 Å². The molecule has 2 aromatic rings. The second-order valence-corrected chi connectivity index (χ2v) is 3.90. The maximum Gasteiger partial charge on any atom is 0.225 e. The van der Waals surface area contributed by atoms with Gasteiger partial charge in [0.25, 0.3) is 0 Å². The first kappa shape index (κ1) is 11.8. The summed E-state index contributed by atoms with van der Waals surface area (Å²) in [6, 6.07) is 1.34. The van der Waals surface area contributed by atoms with Crippen molar-refractivity contribution in [1.29, 1.82) is 0 Å². The van der Waals surface area contributed by atoms with E-state index in [2.05, 4.69) is 10.1 Å². The van der Waals surface area contributed by atoms with E-state index in [0.29, 0.717) is 23.6 Å². The van der Waals surface area contributed by atoms with Gasteiger partial charge in [-0.2, -0.15) is 0 Å². The summed E-state index contributed by atoms with van der Waals surface area (Å²) in [7, 11) is 0. The first-order chi connectivity index (χ1) is 8.11. The molecule has 0 saturated carbocycles. The number of nitrogens with zero attached hydrogens (tertiary/aromatic N) is 2. The van der Waals surface area contributed by atoms with Gasteiger partial charge in [-0.15, -0.1) is 0 Å². The van der Waals surface area contributed by atoms with Crippen molar-refractivity contribution < 1.29 is 14.0 Å². The van der Waals surface area contributed by atoms with E-state index in [9.17, 15) is 5.11 Å². The van der Waals surface area contributed by atoms with Crippen molar-refractivity contribution in [2.45, 2.75) is 32.4 Å². The number of nitrogens with two attached hydrogens (primary N) is 1. The maximum absolute atomic E-state index is 9.83. The van der Waals surface area contributed by atoms with Crippen molar-refractivity contribution in [1.82, 2.24) is 10.1 Å². The molecule has 2 unspecified atom stereocenters. The standard InChI is InChI=1S/C11H15N3O3/c1-3-7(12)10(15)11-13-5-9(16-11)8-4-6(2)17-14-8/h4-5,7,10,15H,3,12H2,1-2H3. The lowest BCUT2D eigenvalue weighted by molar-refractivity contribution is 0.114. The molecule has 0 aliphatic carbocycles. The van der Waals surface area contributed by atoms with Gasteiger partial charge in [0.1, 0.15) is 11.9 Å². The quantitative estimate of drug-likeness (QED) is 0.834. The molecule has 2 rings (SSSR count). The highest BCUT2D eigenvalue weighted by Gasteiger charge is 2.21. The van der Waals surface area contributed by atoms with E-state index in [1.165, 1.54) is 6.20 Å². The smallest absolute Gasteiger partial charge is 0.225 e. The van der Waals surface area contributed by atoms with Crippen LogP contribution < -0.4 is 5.73 Å². The summed E-state index contributed by atoms with van der Waals surface area (Å²) in [5, 5.41) is 13.6. The monoisotopic (exact) mass is 237 g/mol. The molecule has 6 nitrogen and oxygen atoms in total. The second-order valence-electron chi connectivity index (χ2n) is 3.90. The molecule has 2 heterocycles. The molecule has 0 amide bonds. The van der Waals surface area contributed by atoms with E-state index in [4.69, 9.17) is 14.7 Å². The highest BCUT2D eigenvalue weighted by Crippen LogP contribution is 2.24. The van der Waals surface area contributed by atoms with Crippen LogP contribution in [-0.4, -0.2) is 21.3 Å². The number of aliphatic hydroxyl groups is 1. The van der Waals surface area contributed by atoms with Crippen LogP contribution in [0.3, 0.4) is 0 Å². The first-order valence-electron chi connectivity index (χ1n) is 5.45. The van der Waals surface area contributed by atoms with Gasteiger partial charge < -0.3 is 19.8 Å². The van der Waals surface area contributed by atoms with E-state index in [1.807, 2.05) is 6.92 Å². The van der Waals surface area contributed by atoms with E-state index in [1.54, 1.807) is 13.0 Å². The number of oxazole rings is 1. The lowest BCUT2D eigenvalue weighted by Crippen LogP contribution is -2.27. The lowest BCUT2D eigenvalue weighted by Gasteiger charge is -2.12. The van der Waals surface area contributed by atoms with Crippen LogP contribution in [0.2, 0.25) is 0 Å². The Hall–Kier alpha value is -1.66. The predicted molar refractivity (Wildman–Crippen MR) is 60.0 cm³/mol. The van der Waals surface area contributed by atoms with E-state index >= 15 is 0 Å². The van der Waals surface area contributed by atoms with Crippen LogP contribution in [-0.2, 0) is 0 Å². The SMILES string of the molecule is CCC(N)C(O)c1ncc(-c2cc(C)on2)o1. The number of rotatable bonds is 4. The van der Waals surface area contributed by atoms with Crippen LogP contribution in [0.15, 0.2) is 21.2 Å². The lowest BCUT2D eigenvalue weighted by atomic mass is 10.1. The molecule has 3 N–H and O–H groups in total. The minimum atomic E-state index is -0.901. The fourth-order valence-corrected chi connectivity index (χ4v) is 1.43. The Morgan fingerprint density at radius 2 is 2.29 bits per heavy atom. The highest BCUT2D eigenvalue weighted by atomic mass is 16.5. The molecule has 0 aliphatic rings. The predicted octanol–water partition coefficient (Wildman–Crippen LogP) is 1.41. The average molecular weight is 237 g/mol. The zero-order valence-corrected chi connectivity index (χ0v) is 9.75. The zero-order chi connectivity index (χ0) is 12.4. The Bertz CT molecular complexity index is 492. The number of aryl methyl sites for hydroxylation is 1. The molecule has 0 aliphatic heterocycles. The van der Waals surface area contributed by atoms with Crippen LogP contribution in [0, 0.1) is 6.92 Å². The van der Waals surface area contributed by atoms with Gasteiger partial charge in [0.05, 0.1) is 6.20 Å². The number of aliphatic hydroxyl groups excluding tert-OH is 1. The van der Waals surface area contributed by atoms with Crippen LogP contribution in [0.4, 0.5) is 0 Å². The van der Waals surface area contributed by atoms with E-state index < -0.39 is 6.10 Å². The number of hydrogen-bond donors (Lipinski definition) is 2. The average Bonchev–Trinajstić information content (AvgIpc) is 2.95. The van der Waals surface area contributed by atoms with Gasteiger partial charge in [0.2, 0.25) is 5.89 Å². The van der Waals surface area contributed by atoms with E-state index in [-0.39, 0.29) is 11.9 Å². The molecule has 0 spiro atoms. The Kier molecular flexibility index (Phi) is 3.26. The van der Waals surface area contributed by atoms with Gasteiger partial charge >= 0.3 is 0 Å². The molecule has 17 heavy (non-hydrogen) atoms. The molecule has 0 radical (unpaired) electrons. The molecule has 92 valence electrons. The fraction of sp³-hybridized carbons (Fsp3) is 0.455. The molecule has 6 heteroatoms. The third-order valence-electron chi connectivity index (χ3n) is 2.53. The summed E-state index contributed by atoms with van der Waals surface area (Å²) >= 11 is 0. The van der Waals surface area contributed by atoms with Crippen molar-refractivity contribution in [3.05, 3.63) is 23.9 Å². The molecule has 0 saturated heterocycles.